The molecule has 0 saturated heterocycles. The Hall–Kier alpha value is -2.18. The minimum absolute atomic E-state index is 0.164. The van der Waals surface area contributed by atoms with Crippen LogP contribution in [-0.4, -0.2) is 0 Å². The first-order chi connectivity index (χ1) is 9.19. The summed E-state index contributed by atoms with van der Waals surface area (Å²) in [5, 5.41) is 8.89. The number of benzene rings is 2. The average Bonchev–Trinajstić information content (AvgIpc) is 2.81. The van der Waals surface area contributed by atoms with E-state index in [0.717, 1.165) is 22.3 Å². The normalized spacial score (nSPS) is 17.0. The zero-order valence-electron chi connectivity index (χ0n) is 10.5. The Balaban J connectivity index is 2.05. The quantitative estimate of drug-likeness (QED) is 0.777. The predicted molar refractivity (Wildman–Crippen MR) is 68.9 cm³/mol. The summed E-state index contributed by atoms with van der Waals surface area (Å²) in [6.45, 7) is 2.37. The fourth-order valence-electron chi connectivity index (χ4n) is 2.51. The van der Waals surface area contributed by atoms with Crippen molar-refractivity contribution in [2.45, 2.75) is 19.6 Å². The SMILES string of the molecule is Cc1cc(F)ccc1C1OCc2cc(C#N)ccc21. The van der Waals surface area contributed by atoms with Crippen LogP contribution < -0.4 is 0 Å². The van der Waals surface area contributed by atoms with Crippen molar-refractivity contribution in [1.82, 2.24) is 0 Å². The molecule has 0 fully saturated rings. The standard InChI is InChI=1S/C16H12FNO/c1-10-6-13(17)3-5-14(10)16-15-4-2-11(8-18)7-12(15)9-19-16/h2-7,16H,9H2,1H3. The van der Waals surface area contributed by atoms with Crippen molar-refractivity contribution >= 4 is 0 Å². The topological polar surface area (TPSA) is 33.0 Å². The van der Waals surface area contributed by atoms with Gasteiger partial charge in [-0.1, -0.05) is 12.1 Å². The molecule has 94 valence electrons. The van der Waals surface area contributed by atoms with Gasteiger partial charge in [-0.25, -0.2) is 4.39 Å². The maximum atomic E-state index is 13.2. The summed E-state index contributed by atoms with van der Waals surface area (Å²) in [6.07, 6.45) is -0.164. The predicted octanol–water partition coefficient (Wildman–Crippen LogP) is 3.63. The van der Waals surface area contributed by atoms with Crippen LogP contribution in [0.15, 0.2) is 36.4 Å². The minimum Gasteiger partial charge on any atom is -0.364 e. The molecule has 2 aromatic carbocycles. The third kappa shape index (κ3) is 2.00. The molecule has 0 bridgehead atoms. The van der Waals surface area contributed by atoms with Gasteiger partial charge in [0.1, 0.15) is 11.9 Å². The molecule has 1 unspecified atom stereocenters. The fourth-order valence-corrected chi connectivity index (χ4v) is 2.51. The van der Waals surface area contributed by atoms with Gasteiger partial charge in [-0.15, -0.1) is 0 Å². The molecule has 2 nitrogen and oxygen atoms in total. The number of ether oxygens (including phenoxy) is 1. The number of halogens is 1. The molecule has 1 heterocycles. The van der Waals surface area contributed by atoms with Crippen molar-refractivity contribution in [3.05, 3.63) is 70.0 Å². The van der Waals surface area contributed by atoms with Crippen LogP contribution in [0.25, 0.3) is 0 Å². The van der Waals surface area contributed by atoms with Crippen LogP contribution in [0.1, 0.15) is 33.9 Å². The first-order valence-electron chi connectivity index (χ1n) is 6.09. The van der Waals surface area contributed by atoms with Crippen LogP contribution in [-0.2, 0) is 11.3 Å². The highest BCUT2D eigenvalue weighted by atomic mass is 19.1. The van der Waals surface area contributed by atoms with E-state index in [4.69, 9.17) is 10.00 Å². The van der Waals surface area contributed by atoms with Crippen molar-refractivity contribution < 1.29 is 9.13 Å². The maximum Gasteiger partial charge on any atom is 0.123 e. The van der Waals surface area contributed by atoms with Crippen LogP contribution in [0, 0.1) is 24.1 Å². The van der Waals surface area contributed by atoms with Crippen molar-refractivity contribution in [3.8, 4) is 6.07 Å². The zero-order valence-corrected chi connectivity index (χ0v) is 10.5. The largest absolute Gasteiger partial charge is 0.364 e. The molecule has 0 amide bonds. The zero-order chi connectivity index (χ0) is 13.4. The van der Waals surface area contributed by atoms with Crippen molar-refractivity contribution in [1.29, 1.82) is 5.26 Å². The summed E-state index contributed by atoms with van der Waals surface area (Å²) in [4.78, 5) is 0. The van der Waals surface area contributed by atoms with Crippen LogP contribution in [0.3, 0.4) is 0 Å². The highest BCUT2D eigenvalue weighted by molar-refractivity contribution is 5.45. The van der Waals surface area contributed by atoms with Gasteiger partial charge in [0.25, 0.3) is 0 Å². The van der Waals surface area contributed by atoms with E-state index in [1.54, 1.807) is 12.1 Å². The first kappa shape index (κ1) is 11.9. The molecule has 0 aliphatic carbocycles. The molecule has 0 radical (unpaired) electrons. The number of nitrogens with zero attached hydrogens (tertiary/aromatic N) is 1. The maximum absolute atomic E-state index is 13.2. The van der Waals surface area contributed by atoms with E-state index in [9.17, 15) is 4.39 Å². The molecule has 1 aliphatic heterocycles. The Labute approximate surface area is 111 Å². The van der Waals surface area contributed by atoms with E-state index in [2.05, 4.69) is 6.07 Å². The molecule has 2 aromatic rings. The van der Waals surface area contributed by atoms with Gasteiger partial charge in [0.2, 0.25) is 0 Å². The molecular weight excluding hydrogens is 241 g/mol. The van der Waals surface area contributed by atoms with E-state index in [-0.39, 0.29) is 11.9 Å². The summed E-state index contributed by atoms with van der Waals surface area (Å²) >= 11 is 0. The van der Waals surface area contributed by atoms with Gasteiger partial charge in [-0.3, -0.25) is 0 Å². The molecule has 3 rings (SSSR count). The van der Waals surface area contributed by atoms with E-state index in [0.29, 0.717) is 12.2 Å². The molecule has 1 atom stereocenters. The lowest BCUT2D eigenvalue weighted by Gasteiger charge is -2.14. The molecular formula is C16H12FNO. The number of nitriles is 1. The molecule has 19 heavy (non-hydrogen) atoms. The molecule has 0 spiro atoms. The Morgan fingerprint density at radius 1 is 1.21 bits per heavy atom. The highest BCUT2D eigenvalue weighted by Crippen LogP contribution is 2.37. The monoisotopic (exact) mass is 253 g/mol. The summed E-state index contributed by atoms with van der Waals surface area (Å²) in [5.41, 5.74) is 4.59. The fraction of sp³-hybridized carbons (Fsp3) is 0.188. The number of fused-ring (bicyclic) bond motifs is 1. The lowest BCUT2D eigenvalue weighted by molar-refractivity contribution is 0.0934. The van der Waals surface area contributed by atoms with Crippen LogP contribution in [0.2, 0.25) is 0 Å². The number of aryl methyl sites for hydroxylation is 1. The third-order valence-electron chi connectivity index (χ3n) is 3.47. The Morgan fingerprint density at radius 3 is 2.74 bits per heavy atom. The molecule has 0 saturated carbocycles. The van der Waals surface area contributed by atoms with E-state index >= 15 is 0 Å². The van der Waals surface area contributed by atoms with E-state index in [1.807, 2.05) is 19.1 Å². The smallest absolute Gasteiger partial charge is 0.123 e. The van der Waals surface area contributed by atoms with Crippen LogP contribution >= 0.6 is 0 Å². The molecule has 0 N–H and O–H groups in total. The summed E-state index contributed by atoms with van der Waals surface area (Å²) in [7, 11) is 0. The Bertz CT molecular complexity index is 688. The number of hydrogen-bond donors (Lipinski definition) is 0. The lowest BCUT2D eigenvalue weighted by atomic mass is 9.95. The second kappa shape index (κ2) is 4.49. The van der Waals surface area contributed by atoms with Gasteiger partial charge in [-0.2, -0.15) is 5.26 Å². The number of hydrogen-bond acceptors (Lipinski definition) is 2. The van der Waals surface area contributed by atoms with Gasteiger partial charge in [0.15, 0.2) is 0 Å². The molecule has 1 aliphatic rings. The summed E-state index contributed by atoms with van der Waals surface area (Å²) in [6, 6.07) is 12.4. The highest BCUT2D eigenvalue weighted by Gasteiger charge is 2.26. The van der Waals surface area contributed by atoms with Gasteiger partial charge >= 0.3 is 0 Å². The Kier molecular flexibility index (Phi) is 2.81. The van der Waals surface area contributed by atoms with Crippen molar-refractivity contribution in [3.63, 3.8) is 0 Å². The van der Waals surface area contributed by atoms with Gasteiger partial charge in [0.05, 0.1) is 18.2 Å². The summed E-state index contributed by atoms with van der Waals surface area (Å²) < 4.78 is 18.9. The lowest BCUT2D eigenvalue weighted by Crippen LogP contribution is -2.01. The van der Waals surface area contributed by atoms with Gasteiger partial charge in [0, 0.05) is 0 Å². The third-order valence-corrected chi connectivity index (χ3v) is 3.47. The first-order valence-corrected chi connectivity index (χ1v) is 6.09. The Morgan fingerprint density at radius 2 is 2.00 bits per heavy atom. The second-order valence-electron chi connectivity index (χ2n) is 4.72. The second-order valence-corrected chi connectivity index (χ2v) is 4.72. The number of rotatable bonds is 1. The van der Waals surface area contributed by atoms with Crippen LogP contribution in [0.5, 0.6) is 0 Å². The average molecular weight is 253 g/mol. The van der Waals surface area contributed by atoms with Gasteiger partial charge < -0.3 is 4.74 Å². The van der Waals surface area contributed by atoms with Crippen molar-refractivity contribution in [2.75, 3.05) is 0 Å². The molecule has 3 heteroatoms. The van der Waals surface area contributed by atoms with Crippen LogP contribution in [0.4, 0.5) is 4.39 Å². The minimum atomic E-state index is -0.237. The molecule has 0 aromatic heterocycles. The van der Waals surface area contributed by atoms with Gasteiger partial charge in [-0.05, 0) is 53.4 Å². The van der Waals surface area contributed by atoms with E-state index in [1.165, 1.54) is 12.1 Å². The summed E-state index contributed by atoms with van der Waals surface area (Å²) in [5.74, 6) is -0.237. The van der Waals surface area contributed by atoms with Crippen molar-refractivity contribution in [2.24, 2.45) is 0 Å². The van der Waals surface area contributed by atoms with E-state index < -0.39 is 0 Å².